The van der Waals surface area contributed by atoms with Crippen LogP contribution in [0.2, 0.25) is 0 Å². The van der Waals surface area contributed by atoms with Gasteiger partial charge in [0.1, 0.15) is 0 Å². The number of halogens is 1. The number of thioether (sulfide) groups is 1. The van der Waals surface area contributed by atoms with E-state index in [4.69, 9.17) is 0 Å². The van der Waals surface area contributed by atoms with Crippen molar-refractivity contribution in [3.63, 3.8) is 0 Å². The highest BCUT2D eigenvalue weighted by Gasteiger charge is 2.15. The lowest BCUT2D eigenvalue weighted by molar-refractivity contribution is -0.387. The Kier molecular flexibility index (Phi) is 5.70. The van der Waals surface area contributed by atoms with E-state index in [1.807, 2.05) is 31.2 Å². The van der Waals surface area contributed by atoms with E-state index in [0.717, 1.165) is 23.3 Å². The van der Waals surface area contributed by atoms with Crippen molar-refractivity contribution < 1.29 is 14.1 Å². The predicted octanol–water partition coefficient (Wildman–Crippen LogP) is 3.91. The van der Waals surface area contributed by atoms with E-state index in [0.29, 0.717) is 5.75 Å². The second kappa shape index (κ2) is 7.73. The Balaban J connectivity index is 1.89. The maximum absolute atomic E-state index is 13.2. The average Bonchev–Trinajstić information content (AvgIpc) is 2.51. The van der Waals surface area contributed by atoms with Crippen molar-refractivity contribution in [1.29, 1.82) is 0 Å². The average molecular weight is 334 g/mol. The highest BCUT2D eigenvalue weighted by molar-refractivity contribution is 7.99. The van der Waals surface area contributed by atoms with Gasteiger partial charge in [-0.05, 0) is 30.2 Å². The van der Waals surface area contributed by atoms with Crippen LogP contribution in [0.15, 0.2) is 42.5 Å². The minimum Gasteiger partial charge on any atom is -0.325 e. The summed E-state index contributed by atoms with van der Waals surface area (Å²) in [6.07, 6.45) is 0. The third-order valence-corrected chi connectivity index (χ3v) is 4.16. The molecule has 0 atom stereocenters. The third-order valence-electron chi connectivity index (χ3n) is 3.18. The molecule has 0 aliphatic carbocycles. The zero-order valence-electron chi connectivity index (χ0n) is 12.4. The summed E-state index contributed by atoms with van der Waals surface area (Å²) in [5.74, 6) is -0.310. The van der Waals surface area contributed by atoms with Crippen molar-refractivity contribution in [2.75, 3.05) is 11.1 Å². The number of hydrogen-bond acceptors (Lipinski definition) is 4. The highest BCUT2D eigenvalue weighted by atomic mass is 32.2. The fourth-order valence-electron chi connectivity index (χ4n) is 1.95. The van der Waals surface area contributed by atoms with E-state index in [1.165, 1.54) is 17.8 Å². The van der Waals surface area contributed by atoms with E-state index < -0.39 is 16.4 Å². The van der Waals surface area contributed by atoms with E-state index in [1.54, 1.807) is 0 Å². The van der Waals surface area contributed by atoms with Crippen LogP contribution < -0.4 is 5.32 Å². The van der Waals surface area contributed by atoms with Crippen molar-refractivity contribution in [2.24, 2.45) is 0 Å². The van der Waals surface area contributed by atoms with E-state index in [-0.39, 0.29) is 17.3 Å². The lowest BCUT2D eigenvalue weighted by Crippen LogP contribution is -2.14. The van der Waals surface area contributed by atoms with Gasteiger partial charge in [0.15, 0.2) is 0 Å². The molecule has 2 aromatic carbocycles. The molecular formula is C16H15FN2O3S. The quantitative estimate of drug-likeness (QED) is 0.642. The Labute approximate surface area is 137 Å². The number of anilines is 1. The molecule has 0 heterocycles. The number of nitro benzene ring substituents is 1. The Hall–Kier alpha value is -2.41. The van der Waals surface area contributed by atoms with E-state index in [2.05, 4.69) is 5.32 Å². The molecule has 0 fully saturated rings. The second-order valence-corrected chi connectivity index (χ2v) is 5.88. The van der Waals surface area contributed by atoms with Gasteiger partial charge in [0.25, 0.3) is 0 Å². The van der Waals surface area contributed by atoms with Crippen LogP contribution in [-0.2, 0) is 10.5 Å². The Morgan fingerprint density at radius 1 is 1.30 bits per heavy atom. The molecule has 0 saturated heterocycles. The predicted molar refractivity (Wildman–Crippen MR) is 89.0 cm³/mol. The number of nitrogens with zero attached hydrogens (tertiary/aromatic N) is 1. The SMILES string of the molecule is Cc1ccccc1CSCC(=O)Nc1ccc(F)c([N+](=O)[O-])c1. The van der Waals surface area contributed by atoms with Gasteiger partial charge < -0.3 is 5.32 Å². The fourth-order valence-corrected chi connectivity index (χ4v) is 2.86. The number of rotatable bonds is 6. The monoisotopic (exact) mass is 334 g/mol. The van der Waals surface area contributed by atoms with Crippen LogP contribution in [0.3, 0.4) is 0 Å². The first-order valence-corrected chi connectivity index (χ1v) is 7.99. The summed E-state index contributed by atoms with van der Waals surface area (Å²) in [6.45, 7) is 2.01. The number of aryl methyl sites for hydroxylation is 1. The first kappa shape index (κ1) is 17.0. The number of carbonyl (C=O) groups is 1. The number of benzene rings is 2. The molecule has 23 heavy (non-hydrogen) atoms. The maximum atomic E-state index is 13.2. The molecule has 0 aliphatic heterocycles. The van der Waals surface area contributed by atoms with Gasteiger partial charge in [-0.1, -0.05) is 24.3 Å². The molecule has 0 radical (unpaired) electrons. The molecule has 0 aliphatic rings. The summed E-state index contributed by atoms with van der Waals surface area (Å²) in [4.78, 5) is 21.7. The highest BCUT2D eigenvalue weighted by Crippen LogP contribution is 2.22. The number of hydrogen-bond donors (Lipinski definition) is 1. The van der Waals surface area contributed by atoms with Gasteiger partial charge in [0, 0.05) is 17.5 Å². The van der Waals surface area contributed by atoms with Gasteiger partial charge >= 0.3 is 5.69 Å². The Morgan fingerprint density at radius 2 is 2.04 bits per heavy atom. The summed E-state index contributed by atoms with van der Waals surface area (Å²) < 4.78 is 13.2. The summed E-state index contributed by atoms with van der Waals surface area (Å²) in [7, 11) is 0. The van der Waals surface area contributed by atoms with Crippen molar-refractivity contribution in [2.45, 2.75) is 12.7 Å². The van der Waals surface area contributed by atoms with Crippen LogP contribution in [-0.4, -0.2) is 16.6 Å². The molecule has 1 N–H and O–H groups in total. The van der Waals surface area contributed by atoms with Crippen LogP contribution in [0, 0.1) is 22.9 Å². The normalized spacial score (nSPS) is 10.3. The van der Waals surface area contributed by atoms with Gasteiger partial charge in [-0.15, -0.1) is 11.8 Å². The van der Waals surface area contributed by atoms with Gasteiger partial charge in [0.2, 0.25) is 11.7 Å². The van der Waals surface area contributed by atoms with Crippen LogP contribution >= 0.6 is 11.8 Å². The molecule has 2 rings (SSSR count). The minimum atomic E-state index is -0.929. The molecule has 1 amide bonds. The van der Waals surface area contributed by atoms with Crippen LogP contribution in [0.1, 0.15) is 11.1 Å². The molecule has 0 unspecified atom stereocenters. The van der Waals surface area contributed by atoms with Crippen LogP contribution in [0.5, 0.6) is 0 Å². The van der Waals surface area contributed by atoms with E-state index >= 15 is 0 Å². The first-order chi connectivity index (χ1) is 11.0. The van der Waals surface area contributed by atoms with Crippen molar-refractivity contribution in [3.8, 4) is 0 Å². The summed E-state index contributed by atoms with van der Waals surface area (Å²) in [5, 5.41) is 13.2. The zero-order chi connectivity index (χ0) is 16.8. The molecule has 0 bridgehead atoms. The molecule has 120 valence electrons. The molecule has 2 aromatic rings. The van der Waals surface area contributed by atoms with Crippen molar-refractivity contribution in [3.05, 3.63) is 69.5 Å². The van der Waals surface area contributed by atoms with Crippen LogP contribution in [0.4, 0.5) is 15.8 Å². The molecular weight excluding hydrogens is 319 g/mol. The summed E-state index contributed by atoms with van der Waals surface area (Å²) >= 11 is 1.44. The van der Waals surface area contributed by atoms with Crippen molar-refractivity contribution >= 4 is 29.0 Å². The molecule has 5 nitrogen and oxygen atoms in total. The van der Waals surface area contributed by atoms with Crippen molar-refractivity contribution in [1.82, 2.24) is 0 Å². The third kappa shape index (κ3) is 4.79. The van der Waals surface area contributed by atoms with E-state index in [9.17, 15) is 19.3 Å². The topological polar surface area (TPSA) is 72.2 Å². The number of carbonyl (C=O) groups excluding carboxylic acids is 1. The number of nitrogens with one attached hydrogen (secondary N) is 1. The number of amides is 1. The lowest BCUT2D eigenvalue weighted by Gasteiger charge is -2.07. The lowest BCUT2D eigenvalue weighted by atomic mass is 10.1. The second-order valence-electron chi connectivity index (χ2n) is 4.89. The largest absolute Gasteiger partial charge is 0.325 e. The maximum Gasteiger partial charge on any atom is 0.306 e. The fraction of sp³-hybridized carbons (Fsp3) is 0.188. The molecule has 7 heteroatoms. The van der Waals surface area contributed by atoms with Gasteiger partial charge in [-0.25, -0.2) is 0 Å². The van der Waals surface area contributed by atoms with Crippen LogP contribution in [0.25, 0.3) is 0 Å². The van der Waals surface area contributed by atoms with Gasteiger partial charge in [-0.2, -0.15) is 4.39 Å². The smallest absolute Gasteiger partial charge is 0.306 e. The Morgan fingerprint density at radius 3 is 2.74 bits per heavy atom. The minimum absolute atomic E-state index is 0.208. The first-order valence-electron chi connectivity index (χ1n) is 6.83. The molecule has 0 saturated carbocycles. The van der Waals surface area contributed by atoms with Gasteiger partial charge in [0.05, 0.1) is 10.7 Å². The zero-order valence-corrected chi connectivity index (χ0v) is 13.2. The Bertz CT molecular complexity index is 737. The summed E-state index contributed by atoms with van der Waals surface area (Å²) in [5.41, 5.74) is 1.87. The molecule has 0 spiro atoms. The summed E-state index contributed by atoms with van der Waals surface area (Å²) in [6, 6.07) is 11.2. The number of nitro groups is 1. The van der Waals surface area contributed by atoms with Gasteiger partial charge in [-0.3, -0.25) is 14.9 Å². The standard InChI is InChI=1S/C16H15FN2O3S/c1-11-4-2-3-5-12(11)9-23-10-16(20)18-13-6-7-14(17)15(8-13)19(21)22/h2-8H,9-10H2,1H3,(H,18,20). The molecule has 0 aromatic heterocycles.